The maximum atomic E-state index is 12.1. The van der Waals surface area contributed by atoms with E-state index in [1.807, 2.05) is 23.9 Å². The first kappa shape index (κ1) is 21.2. The third-order valence-electron chi connectivity index (χ3n) is 5.82. The number of rotatable bonds is 9. The Kier molecular flexibility index (Phi) is 6.32. The Morgan fingerprint density at radius 3 is 3.07 bits per heavy atom. The standard InChI is InChI=1S/C22H31N3O4S/c1-22(2)12-14-6-5-7-16(20(14)29-22)28-11-10-23-18(26)9-4-3-8-17-19-15(13-30-17)24-21(27)25-19/h5-7,15,17,19H,3-4,8-13H2,1-2H3,(H,23,26)(H2,24,25,27)/t15-,17-,19-/m0/s1. The van der Waals surface area contributed by atoms with Gasteiger partial charge in [0.25, 0.3) is 0 Å². The molecule has 0 saturated carbocycles. The van der Waals surface area contributed by atoms with E-state index in [1.54, 1.807) is 0 Å². The molecule has 2 fully saturated rings. The molecule has 0 aliphatic carbocycles. The van der Waals surface area contributed by atoms with Crippen LogP contribution in [0, 0.1) is 0 Å². The predicted octanol–water partition coefficient (Wildman–Crippen LogP) is 2.62. The summed E-state index contributed by atoms with van der Waals surface area (Å²) in [6, 6.07) is 6.42. The van der Waals surface area contributed by atoms with Gasteiger partial charge < -0.3 is 25.4 Å². The maximum Gasteiger partial charge on any atom is 0.315 e. The van der Waals surface area contributed by atoms with E-state index in [1.165, 1.54) is 5.56 Å². The van der Waals surface area contributed by atoms with E-state index in [0.717, 1.165) is 42.9 Å². The number of carbonyl (C=O) groups is 2. The lowest BCUT2D eigenvalue weighted by atomic mass is 10.0. The number of unbranched alkanes of at least 4 members (excludes halogenated alkanes) is 1. The molecule has 3 heterocycles. The van der Waals surface area contributed by atoms with Crippen molar-refractivity contribution in [3.63, 3.8) is 0 Å². The van der Waals surface area contributed by atoms with Crippen LogP contribution in [-0.4, -0.2) is 53.8 Å². The topological polar surface area (TPSA) is 88.7 Å². The number of amides is 3. The van der Waals surface area contributed by atoms with Crippen molar-refractivity contribution in [2.24, 2.45) is 0 Å². The Hall–Kier alpha value is -2.09. The van der Waals surface area contributed by atoms with E-state index >= 15 is 0 Å². The van der Waals surface area contributed by atoms with Crippen molar-refractivity contribution in [3.05, 3.63) is 23.8 Å². The zero-order chi connectivity index (χ0) is 21.1. The summed E-state index contributed by atoms with van der Waals surface area (Å²) in [4.78, 5) is 23.5. The fraction of sp³-hybridized carbons (Fsp3) is 0.636. The van der Waals surface area contributed by atoms with Gasteiger partial charge in [-0.3, -0.25) is 4.79 Å². The second kappa shape index (κ2) is 8.96. The van der Waals surface area contributed by atoms with E-state index in [4.69, 9.17) is 9.47 Å². The quantitative estimate of drug-likeness (QED) is 0.412. The molecule has 0 aromatic heterocycles. The lowest BCUT2D eigenvalue weighted by Gasteiger charge is -2.18. The number of ether oxygens (including phenoxy) is 2. The molecule has 30 heavy (non-hydrogen) atoms. The molecular formula is C22H31N3O4S. The zero-order valence-electron chi connectivity index (χ0n) is 17.7. The first-order valence-electron chi connectivity index (χ1n) is 10.8. The Balaban J connectivity index is 1.09. The molecule has 0 radical (unpaired) electrons. The summed E-state index contributed by atoms with van der Waals surface area (Å²) in [5.74, 6) is 2.60. The van der Waals surface area contributed by atoms with Gasteiger partial charge in [-0.1, -0.05) is 18.6 Å². The van der Waals surface area contributed by atoms with Gasteiger partial charge >= 0.3 is 6.03 Å². The number of para-hydroxylation sites is 1. The lowest BCUT2D eigenvalue weighted by Crippen LogP contribution is -2.36. The molecule has 3 aliphatic rings. The van der Waals surface area contributed by atoms with Crippen LogP contribution in [0.2, 0.25) is 0 Å². The van der Waals surface area contributed by atoms with Crippen molar-refractivity contribution in [2.75, 3.05) is 18.9 Å². The van der Waals surface area contributed by atoms with E-state index in [-0.39, 0.29) is 29.6 Å². The molecule has 0 bridgehead atoms. The minimum absolute atomic E-state index is 0.0485. The van der Waals surface area contributed by atoms with Gasteiger partial charge in [0, 0.05) is 29.4 Å². The van der Waals surface area contributed by atoms with E-state index < -0.39 is 0 Å². The molecule has 3 N–H and O–H groups in total. The van der Waals surface area contributed by atoms with Gasteiger partial charge in [0.2, 0.25) is 5.91 Å². The molecule has 3 aliphatic heterocycles. The van der Waals surface area contributed by atoms with Crippen LogP contribution >= 0.6 is 11.8 Å². The van der Waals surface area contributed by atoms with Crippen LogP contribution in [0.15, 0.2) is 18.2 Å². The largest absolute Gasteiger partial charge is 0.488 e. The second-order valence-electron chi connectivity index (χ2n) is 8.85. The first-order chi connectivity index (χ1) is 14.4. The van der Waals surface area contributed by atoms with Crippen molar-refractivity contribution in [2.45, 2.75) is 68.9 Å². The summed E-state index contributed by atoms with van der Waals surface area (Å²) in [5.41, 5.74) is 0.967. The molecule has 0 unspecified atom stereocenters. The van der Waals surface area contributed by atoms with Crippen LogP contribution in [0.1, 0.15) is 45.1 Å². The molecule has 1 aromatic rings. The number of thioether (sulfide) groups is 1. The van der Waals surface area contributed by atoms with Gasteiger partial charge in [0.05, 0.1) is 18.6 Å². The van der Waals surface area contributed by atoms with Crippen molar-refractivity contribution in [1.82, 2.24) is 16.0 Å². The number of benzene rings is 1. The third kappa shape index (κ3) is 4.96. The minimum Gasteiger partial charge on any atom is -0.488 e. The maximum absolute atomic E-state index is 12.1. The summed E-state index contributed by atoms with van der Waals surface area (Å²) in [6.07, 6.45) is 4.27. The summed E-state index contributed by atoms with van der Waals surface area (Å²) < 4.78 is 11.9. The van der Waals surface area contributed by atoms with Crippen LogP contribution < -0.4 is 25.4 Å². The SMILES string of the molecule is CC1(C)Cc2cccc(OCCNC(=O)CCCC[C@@H]3SC[C@@H]4NC(=O)N[C@@H]43)c2O1. The fourth-order valence-corrected chi connectivity index (χ4v) is 5.96. The Morgan fingerprint density at radius 1 is 1.33 bits per heavy atom. The number of urea groups is 1. The monoisotopic (exact) mass is 433 g/mol. The Bertz CT molecular complexity index is 801. The molecule has 8 heteroatoms. The zero-order valence-corrected chi connectivity index (χ0v) is 18.5. The van der Waals surface area contributed by atoms with Crippen LogP contribution in [0.25, 0.3) is 0 Å². The van der Waals surface area contributed by atoms with Crippen molar-refractivity contribution >= 4 is 23.7 Å². The highest BCUT2D eigenvalue weighted by atomic mass is 32.2. The molecule has 0 spiro atoms. The smallest absolute Gasteiger partial charge is 0.315 e. The summed E-state index contributed by atoms with van der Waals surface area (Å²) in [5, 5.41) is 9.35. The first-order valence-corrected chi connectivity index (χ1v) is 11.9. The van der Waals surface area contributed by atoms with E-state index in [0.29, 0.717) is 24.8 Å². The molecule has 4 rings (SSSR count). The molecular weight excluding hydrogens is 402 g/mol. The van der Waals surface area contributed by atoms with Crippen LogP contribution in [0.5, 0.6) is 11.5 Å². The molecule has 2 saturated heterocycles. The van der Waals surface area contributed by atoms with Gasteiger partial charge in [-0.25, -0.2) is 4.79 Å². The highest BCUT2D eigenvalue weighted by molar-refractivity contribution is 8.00. The van der Waals surface area contributed by atoms with Crippen LogP contribution in [0.4, 0.5) is 4.79 Å². The van der Waals surface area contributed by atoms with Gasteiger partial charge in [-0.15, -0.1) is 0 Å². The highest BCUT2D eigenvalue weighted by Crippen LogP contribution is 2.41. The van der Waals surface area contributed by atoms with Crippen LogP contribution in [0.3, 0.4) is 0 Å². The summed E-state index contributed by atoms with van der Waals surface area (Å²) >= 11 is 1.91. The van der Waals surface area contributed by atoms with Gasteiger partial charge in [-0.05, 0) is 32.8 Å². The van der Waals surface area contributed by atoms with Crippen molar-refractivity contribution in [1.29, 1.82) is 0 Å². The van der Waals surface area contributed by atoms with Gasteiger partial charge in [0.1, 0.15) is 12.2 Å². The van der Waals surface area contributed by atoms with Gasteiger partial charge in [0.15, 0.2) is 11.5 Å². The number of carbonyl (C=O) groups excluding carboxylic acids is 2. The normalized spacial score (nSPS) is 25.7. The predicted molar refractivity (Wildman–Crippen MR) is 117 cm³/mol. The van der Waals surface area contributed by atoms with Crippen molar-refractivity contribution in [3.8, 4) is 11.5 Å². The van der Waals surface area contributed by atoms with E-state index in [2.05, 4.69) is 35.9 Å². The highest BCUT2D eigenvalue weighted by Gasteiger charge is 2.42. The average Bonchev–Trinajstić information content (AvgIpc) is 3.33. The molecule has 3 amide bonds. The molecule has 164 valence electrons. The Morgan fingerprint density at radius 2 is 2.20 bits per heavy atom. The third-order valence-corrected chi connectivity index (χ3v) is 7.33. The van der Waals surface area contributed by atoms with E-state index in [9.17, 15) is 9.59 Å². The fourth-order valence-electron chi connectivity index (χ4n) is 4.41. The average molecular weight is 434 g/mol. The summed E-state index contributed by atoms with van der Waals surface area (Å²) in [7, 11) is 0. The minimum atomic E-state index is -0.201. The Labute approximate surface area is 182 Å². The number of fused-ring (bicyclic) bond motifs is 2. The summed E-state index contributed by atoms with van der Waals surface area (Å²) in [6.45, 7) is 5.04. The molecule has 7 nitrogen and oxygen atoms in total. The molecule has 3 atom stereocenters. The number of hydrogen-bond donors (Lipinski definition) is 3. The lowest BCUT2D eigenvalue weighted by molar-refractivity contribution is -0.121. The second-order valence-corrected chi connectivity index (χ2v) is 10.1. The van der Waals surface area contributed by atoms with Crippen LogP contribution in [-0.2, 0) is 11.2 Å². The van der Waals surface area contributed by atoms with Crippen molar-refractivity contribution < 1.29 is 19.1 Å². The number of hydrogen-bond acceptors (Lipinski definition) is 5. The number of nitrogens with one attached hydrogen (secondary N) is 3. The molecule has 1 aromatic carbocycles. The van der Waals surface area contributed by atoms with Gasteiger partial charge in [-0.2, -0.15) is 11.8 Å².